The molecule has 1 saturated heterocycles. The molecule has 166 valence electrons. The van der Waals surface area contributed by atoms with E-state index in [1.54, 1.807) is 36.4 Å². The van der Waals surface area contributed by atoms with Gasteiger partial charge >= 0.3 is 5.97 Å². The summed E-state index contributed by atoms with van der Waals surface area (Å²) < 4.78 is 17.9. The number of ketones is 1. The monoisotopic (exact) mass is 448 g/mol. The lowest BCUT2D eigenvalue weighted by molar-refractivity contribution is -0.146. The number of carbonyl (C=O) groups is 3. The van der Waals surface area contributed by atoms with Gasteiger partial charge in [0, 0.05) is 49.0 Å². The van der Waals surface area contributed by atoms with Crippen LogP contribution in [0, 0.1) is 5.82 Å². The van der Waals surface area contributed by atoms with Gasteiger partial charge in [0.05, 0.1) is 0 Å². The molecule has 2 aromatic carbocycles. The average molecular weight is 449 g/mol. The summed E-state index contributed by atoms with van der Waals surface area (Å²) in [6.45, 7) is 5.78. The van der Waals surface area contributed by atoms with Gasteiger partial charge in [-0.25, -0.2) is 4.39 Å². The summed E-state index contributed by atoms with van der Waals surface area (Å²) in [5, 5.41) is 0.597. The molecule has 0 amide bonds. The minimum absolute atomic E-state index is 0.154. The maximum absolute atomic E-state index is 12.9. The highest BCUT2D eigenvalue weighted by molar-refractivity contribution is 6.30. The summed E-state index contributed by atoms with van der Waals surface area (Å²) in [6, 6.07) is 13.3. The van der Waals surface area contributed by atoms with E-state index in [1.165, 1.54) is 19.1 Å². The van der Waals surface area contributed by atoms with Crippen molar-refractivity contribution in [3.63, 3.8) is 0 Å². The van der Waals surface area contributed by atoms with Gasteiger partial charge in [0.15, 0.2) is 0 Å². The Balaban J connectivity index is 0.000000316. The summed E-state index contributed by atoms with van der Waals surface area (Å²) in [5.74, 6) is -0.870. The fourth-order valence-electron chi connectivity index (χ4n) is 3.00. The third-order valence-electron chi connectivity index (χ3n) is 4.61. The van der Waals surface area contributed by atoms with E-state index in [1.807, 2.05) is 0 Å². The normalized spacial score (nSPS) is 13.7. The maximum Gasteiger partial charge on any atom is 0.313 e. The van der Waals surface area contributed by atoms with Crippen LogP contribution in [0.15, 0.2) is 48.5 Å². The van der Waals surface area contributed by atoms with Gasteiger partial charge < -0.3 is 9.64 Å². The summed E-state index contributed by atoms with van der Waals surface area (Å²) in [7, 11) is 0. The van der Waals surface area contributed by atoms with Crippen LogP contribution in [0.1, 0.15) is 23.7 Å². The fraction of sp³-hybridized carbons (Fsp3) is 0.348. The zero-order valence-corrected chi connectivity index (χ0v) is 18.2. The summed E-state index contributed by atoms with van der Waals surface area (Å²) >= 11 is 5.56. The largest absolute Gasteiger partial charge is 0.464 e. The Morgan fingerprint density at radius 1 is 1.10 bits per heavy atom. The second kappa shape index (κ2) is 12.8. The SMILES string of the molecule is CC(=O)CC(=O)OCCN1CCN(c2ccc(F)cc2)CC1.O=Cc1cccc(Cl)c1. The molecule has 0 atom stereocenters. The summed E-state index contributed by atoms with van der Waals surface area (Å²) in [4.78, 5) is 36.5. The molecule has 0 bridgehead atoms. The molecule has 1 aliphatic heterocycles. The van der Waals surface area contributed by atoms with E-state index in [9.17, 15) is 18.8 Å². The topological polar surface area (TPSA) is 66.9 Å². The lowest BCUT2D eigenvalue weighted by Gasteiger charge is -2.35. The van der Waals surface area contributed by atoms with E-state index in [4.69, 9.17) is 16.3 Å². The number of anilines is 1. The van der Waals surface area contributed by atoms with Gasteiger partial charge in [-0.3, -0.25) is 19.3 Å². The quantitative estimate of drug-likeness (QED) is 0.366. The lowest BCUT2D eigenvalue weighted by atomic mass is 10.2. The highest BCUT2D eigenvalue weighted by Crippen LogP contribution is 2.16. The van der Waals surface area contributed by atoms with Gasteiger partial charge in [0.25, 0.3) is 0 Å². The molecule has 0 unspecified atom stereocenters. The van der Waals surface area contributed by atoms with Crippen molar-refractivity contribution in [1.29, 1.82) is 0 Å². The highest BCUT2D eigenvalue weighted by Gasteiger charge is 2.17. The average Bonchev–Trinajstić information content (AvgIpc) is 2.75. The van der Waals surface area contributed by atoms with E-state index in [0.29, 0.717) is 23.7 Å². The van der Waals surface area contributed by atoms with E-state index >= 15 is 0 Å². The first-order valence-electron chi connectivity index (χ1n) is 9.96. The van der Waals surface area contributed by atoms with Crippen molar-refractivity contribution < 1.29 is 23.5 Å². The maximum atomic E-state index is 12.9. The molecule has 2 aromatic rings. The third kappa shape index (κ3) is 9.27. The number of Topliss-reactive ketones (excluding diaryl/α,β-unsaturated/α-hetero) is 1. The van der Waals surface area contributed by atoms with Crippen LogP contribution in [-0.2, 0) is 14.3 Å². The van der Waals surface area contributed by atoms with Crippen LogP contribution in [0.3, 0.4) is 0 Å². The van der Waals surface area contributed by atoms with Crippen LogP contribution in [-0.4, -0.2) is 62.3 Å². The Kier molecular flexibility index (Phi) is 10.1. The van der Waals surface area contributed by atoms with E-state index in [2.05, 4.69) is 9.80 Å². The summed E-state index contributed by atoms with van der Waals surface area (Å²) in [5.41, 5.74) is 1.64. The molecule has 1 fully saturated rings. The number of hydrogen-bond donors (Lipinski definition) is 0. The second-order valence-corrected chi connectivity index (χ2v) is 7.51. The van der Waals surface area contributed by atoms with Gasteiger partial charge in [-0.2, -0.15) is 0 Å². The molecular weight excluding hydrogens is 423 g/mol. The molecule has 0 aromatic heterocycles. The molecule has 0 radical (unpaired) electrons. The van der Waals surface area contributed by atoms with Crippen molar-refractivity contribution in [3.8, 4) is 0 Å². The molecule has 0 spiro atoms. The Bertz CT molecular complexity index is 868. The third-order valence-corrected chi connectivity index (χ3v) is 4.85. The van der Waals surface area contributed by atoms with Gasteiger partial charge in [-0.05, 0) is 43.3 Å². The molecule has 0 N–H and O–H groups in total. The van der Waals surface area contributed by atoms with Gasteiger partial charge in [0.1, 0.15) is 30.9 Å². The molecule has 0 aliphatic carbocycles. The smallest absolute Gasteiger partial charge is 0.313 e. The molecular formula is C23H26ClFN2O4. The van der Waals surface area contributed by atoms with Crippen molar-refractivity contribution in [2.24, 2.45) is 0 Å². The number of rotatable bonds is 7. The standard InChI is InChI=1S/C16H21FN2O3.C7H5ClO/c1-13(20)12-16(21)22-11-10-18-6-8-19(9-7-18)15-4-2-14(17)3-5-15;8-7-3-1-2-6(4-7)5-9/h2-5H,6-12H2,1H3;1-5H. The fourth-order valence-corrected chi connectivity index (χ4v) is 3.20. The van der Waals surface area contributed by atoms with Crippen molar-refractivity contribution in [1.82, 2.24) is 4.90 Å². The number of piperazine rings is 1. The van der Waals surface area contributed by atoms with Crippen LogP contribution >= 0.6 is 11.6 Å². The van der Waals surface area contributed by atoms with E-state index in [-0.39, 0.29) is 18.0 Å². The van der Waals surface area contributed by atoms with Crippen LogP contribution in [0.4, 0.5) is 10.1 Å². The molecule has 3 rings (SSSR count). The molecule has 31 heavy (non-hydrogen) atoms. The predicted octanol–water partition coefficient (Wildman–Crippen LogP) is 3.62. The van der Waals surface area contributed by atoms with E-state index in [0.717, 1.165) is 38.2 Å². The minimum atomic E-state index is -0.461. The van der Waals surface area contributed by atoms with Crippen LogP contribution < -0.4 is 4.90 Å². The Labute approximate surface area is 186 Å². The number of nitrogens with zero attached hydrogens (tertiary/aromatic N) is 2. The lowest BCUT2D eigenvalue weighted by Crippen LogP contribution is -2.47. The minimum Gasteiger partial charge on any atom is -0.464 e. The number of esters is 1. The first kappa shape index (κ1) is 24.5. The molecule has 0 saturated carbocycles. The number of carbonyl (C=O) groups excluding carboxylic acids is 3. The number of benzene rings is 2. The van der Waals surface area contributed by atoms with Gasteiger partial charge in [-0.1, -0.05) is 23.7 Å². The van der Waals surface area contributed by atoms with Crippen molar-refractivity contribution >= 4 is 35.3 Å². The first-order chi connectivity index (χ1) is 14.9. The Morgan fingerprint density at radius 3 is 2.32 bits per heavy atom. The van der Waals surface area contributed by atoms with Crippen LogP contribution in [0.25, 0.3) is 0 Å². The van der Waals surface area contributed by atoms with Crippen molar-refractivity contribution in [3.05, 3.63) is 64.9 Å². The highest BCUT2D eigenvalue weighted by atomic mass is 35.5. The van der Waals surface area contributed by atoms with Crippen molar-refractivity contribution in [2.75, 3.05) is 44.2 Å². The van der Waals surface area contributed by atoms with Crippen LogP contribution in [0.5, 0.6) is 0 Å². The summed E-state index contributed by atoms with van der Waals surface area (Å²) in [6.07, 6.45) is 0.615. The van der Waals surface area contributed by atoms with E-state index < -0.39 is 5.97 Å². The molecule has 8 heteroatoms. The zero-order chi connectivity index (χ0) is 22.6. The second-order valence-electron chi connectivity index (χ2n) is 7.08. The number of hydrogen-bond acceptors (Lipinski definition) is 6. The Hall–Kier alpha value is -2.77. The number of halogens is 2. The molecule has 1 heterocycles. The Morgan fingerprint density at radius 2 is 1.77 bits per heavy atom. The first-order valence-corrected chi connectivity index (χ1v) is 10.3. The van der Waals surface area contributed by atoms with Gasteiger partial charge in [0.2, 0.25) is 0 Å². The zero-order valence-electron chi connectivity index (χ0n) is 17.4. The predicted molar refractivity (Wildman–Crippen MR) is 118 cm³/mol. The molecule has 6 nitrogen and oxygen atoms in total. The van der Waals surface area contributed by atoms with Crippen LogP contribution in [0.2, 0.25) is 5.02 Å². The van der Waals surface area contributed by atoms with Crippen molar-refractivity contribution in [2.45, 2.75) is 13.3 Å². The number of ether oxygens (including phenoxy) is 1. The molecule has 1 aliphatic rings. The number of aldehydes is 1. The van der Waals surface area contributed by atoms with Gasteiger partial charge in [-0.15, -0.1) is 0 Å².